The quantitative estimate of drug-likeness (QED) is 0.692. The molecule has 6 heteroatoms. The summed E-state index contributed by atoms with van der Waals surface area (Å²) < 4.78 is 1.82. The first kappa shape index (κ1) is 15.8. The summed E-state index contributed by atoms with van der Waals surface area (Å²) in [7, 11) is 1.84. The number of hydrogen-bond donors (Lipinski definition) is 1. The summed E-state index contributed by atoms with van der Waals surface area (Å²) in [4.78, 5) is 29.0. The van der Waals surface area contributed by atoms with Crippen molar-refractivity contribution in [2.45, 2.75) is 30.8 Å². The highest BCUT2D eigenvalue weighted by Gasteiger charge is 2.31. The molecule has 23 heavy (non-hydrogen) atoms. The Morgan fingerprint density at radius 3 is 2.74 bits per heavy atom. The highest BCUT2D eigenvalue weighted by Crippen LogP contribution is 2.35. The molecule has 1 unspecified atom stereocenters. The van der Waals surface area contributed by atoms with E-state index in [-0.39, 0.29) is 23.8 Å². The van der Waals surface area contributed by atoms with Crippen molar-refractivity contribution in [1.82, 2.24) is 9.55 Å². The van der Waals surface area contributed by atoms with Gasteiger partial charge in [0.1, 0.15) is 5.82 Å². The van der Waals surface area contributed by atoms with Gasteiger partial charge < -0.3 is 9.88 Å². The molecule has 0 aliphatic carbocycles. The van der Waals surface area contributed by atoms with Crippen LogP contribution in [0.3, 0.4) is 0 Å². The van der Waals surface area contributed by atoms with E-state index in [1.54, 1.807) is 0 Å². The smallest absolute Gasteiger partial charge is 0.279 e. The van der Waals surface area contributed by atoms with Crippen LogP contribution in [0, 0.1) is 0 Å². The van der Waals surface area contributed by atoms with Gasteiger partial charge in [0.25, 0.3) is 5.56 Å². The summed E-state index contributed by atoms with van der Waals surface area (Å²) in [6, 6.07) is 9.67. The molecule has 1 atom stereocenters. The molecule has 3 rings (SSSR count). The third kappa shape index (κ3) is 3.03. The first-order valence-corrected chi connectivity index (χ1v) is 8.69. The number of thioether (sulfide) groups is 1. The van der Waals surface area contributed by atoms with Crippen LogP contribution in [0.25, 0.3) is 0 Å². The van der Waals surface area contributed by atoms with Crippen molar-refractivity contribution in [3.8, 4) is 0 Å². The predicted octanol–water partition coefficient (Wildman–Crippen LogP) is 2.76. The van der Waals surface area contributed by atoms with E-state index < -0.39 is 0 Å². The van der Waals surface area contributed by atoms with Crippen LogP contribution in [0.4, 0.5) is 5.82 Å². The second-order valence-corrected chi connectivity index (χ2v) is 6.65. The minimum Gasteiger partial charge on any atom is -0.312 e. The fourth-order valence-electron chi connectivity index (χ4n) is 2.83. The first-order chi connectivity index (χ1) is 11.1. The summed E-state index contributed by atoms with van der Waals surface area (Å²) in [6.07, 6.45) is 1.27. The summed E-state index contributed by atoms with van der Waals surface area (Å²) in [5, 5.41) is 3.50. The number of rotatable bonds is 4. The molecule has 1 amide bonds. The maximum atomic E-state index is 12.6. The van der Waals surface area contributed by atoms with Crippen LogP contribution in [-0.2, 0) is 11.8 Å². The lowest BCUT2D eigenvalue weighted by atomic mass is 9.87. The maximum Gasteiger partial charge on any atom is 0.279 e. The molecular weight excluding hydrogens is 310 g/mol. The molecule has 120 valence electrons. The second-order valence-electron chi connectivity index (χ2n) is 5.58. The zero-order valence-electron chi connectivity index (χ0n) is 13.2. The average Bonchev–Trinajstić information content (AvgIpc) is 2.56. The van der Waals surface area contributed by atoms with Gasteiger partial charge in [-0.1, -0.05) is 49.0 Å². The Bertz CT molecular complexity index is 786. The number of carbonyl (C=O) groups is 1. The minimum atomic E-state index is -0.245. The van der Waals surface area contributed by atoms with Gasteiger partial charge in [-0.15, -0.1) is 0 Å². The van der Waals surface area contributed by atoms with Crippen molar-refractivity contribution in [2.75, 3.05) is 11.1 Å². The van der Waals surface area contributed by atoms with Crippen LogP contribution in [-0.4, -0.2) is 21.2 Å². The molecule has 0 fully saturated rings. The zero-order chi connectivity index (χ0) is 16.4. The molecular formula is C17H19N3O2S. The monoisotopic (exact) mass is 329 g/mol. The van der Waals surface area contributed by atoms with E-state index >= 15 is 0 Å². The van der Waals surface area contributed by atoms with Gasteiger partial charge in [0.15, 0.2) is 5.16 Å². The number of hydrogen-bond acceptors (Lipinski definition) is 4. The Kier molecular flexibility index (Phi) is 4.52. The number of fused-ring (bicyclic) bond motifs is 1. The third-order valence-corrected chi connectivity index (χ3v) is 5.17. The van der Waals surface area contributed by atoms with Crippen LogP contribution < -0.4 is 10.9 Å². The molecule has 5 nitrogen and oxygen atoms in total. The van der Waals surface area contributed by atoms with Crippen molar-refractivity contribution >= 4 is 23.5 Å². The second kappa shape index (κ2) is 6.58. The first-order valence-electron chi connectivity index (χ1n) is 7.70. The SMILES string of the molecule is CCCSc1nc(=O)c2c(n1C)NC(=O)CC2c1ccccc1. The number of nitrogens with zero attached hydrogens (tertiary/aromatic N) is 2. The molecule has 0 bridgehead atoms. The highest BCUT2D eigenvalue weighted by atomic mass is 32.2. The lowest BCUT2D eigenvalue weighted by Gasteiger charge is -2.27. The molecule has 1 aromatic heterocycles. The van der Waals surface area contributed by atoms with Crippen molar-refractivity contribution < 1.29 is 4.79 Å². The Hall–Kier alpha value is -2.08. The fourth-order valence-corrected chi connectivity index (χ4v) is 3.65. The van der Waals surface area contributed by atoms with E-state index in [0.717, 1.165) is 17.7 Å². The molecule has 0 saturated carbocycles. The number of nitrogens with one attached hydrogen (secondary N) is 1. The van der Waals surface area contributed by atoms with E-state index in [2.05, 4.69) is 17.2 Å². The molecule has 1 aromatic carbocycles. The summed E-state index contributed by atoms with van der Waals surface area (Å²) in [5.41, 5.74) is 1.31. The number of anilines is 1. The molecule has 0 radical (unpaired) electrons. The lowest BCUT2D eigenvalue weighted by molar-refractivity contribution is -0.116. The van der Waals surface area contributed by atoms with E-state index in [0.29, 0.717) is 16.5 Å². The number of carbonyl (C=O) groups excluding carboxylic acids is 1. The van der Waals surface area contributed by atoms with Crippen LogP contribution in [0.2, 0.25) is 0 Å². The van der Waals surface area contributed by atoms with Crippen LogP contribution in [0.15, 0.2) is 40.3 Å². The number of aromatic nitrogens is 2. The third-order valence-electron chi connectivity index (χ3n) is 3.94. The number of amides is 1. The highest BCUT2D eigenvalue weighted by molar-refractivity contribution is 7.99. The molecule has 0 saturated heterocycles. The van der Waals surface area contributed by atoms with Gasteiger partial charge >= 0.3 is 0 Å². The summed E-state index contributed by atoms with van der Waals surface area (Å²) >= 11 is 1.53. The Morgan fingerprint density at radius 1 is 1.30 bits per heavy atom. The molecule has 1 N–H and O–H groups in total. The van der Waals surface area contributed by atoms with Gasteiger partial charge in [-0.2, -0.15) is 4.98 Å². The van der Waals surface area contributed by atoms with Crippen molar-refractivity contribution in [2.24, 2.45) is 7.05 Å². The molecule has 1 aliphatic rings. The average molecular weight is 329 g/mol. The van der Waals surface area contributed by atoms with Gasteiger partial charge in [0.05, 0.1) is 5.56 Å². The standard InChI is InChI=1S/C17H19N3O2S/c1-3-9-23-17-19-16(22)14-12(11-7-5-4-6-8-11)10-13(21)18-15(14)20(17)2/h4-8,12H,3,9-10H2,1-2H3,(H,18,21). The van der Waals surface area contributed by atoms with Gasteiger partial charge in [0.2, 0.25) is 5.91 Å². The van der Waals surface area contributed by atoms with Gasteiger partial charge in [-0.05, 0) is 12.0 Å². The summed E-state index contributed by atoms with van der Waals surface area (Å²) in [5.74, 6) is 1.15. The van der Waals surface area contributed by atoms with E-state index in [1.807, 2.05) is 41.9 Å². The summed E-state index contributed by atoms with van der Waals surface area (Å²) in [6.45, 7) is 2.08. The van der Waals surface area contributed by atoms with E-state index in [9.17, 15) is 9.59 Å². The Labute approximate surface area is 139 Å². The topological polar surface area (TPSA) is 64.0 Å². The largest absolute Gasteiger partial charge is 0.312 e. The van der Waals surface area contributed by atoms with E-state index in [4.69, 9.17) is 0 Å². The van der Waals surface area contributed by atoms with Crippen molar-refractivity contribution in [3.63, 3.8) is 0 Å². The minimum absolute atomic E-state index is 0.0704. The Morgan fingerprint density at radius 2 is 2.04 bits per heavy atom. The zero-order valence-corrected chi connectivity index (χ0v) is 14.0. The normalized spacial score (nSPS) is 16.8. The Balaban J connectivity index is 2.13. The van der Waals surface area contributed by atoms with Crippen molar-refractivity contribution in [3.05, 3.63) is 51.8 Å². The van der Waals surface area contributed by atoms with E-state index in [1.165, 1.54) is 11.8 Å². The number of benzene rings is 1. The maximum absolute atomic E-state index is 12.6. The molecule has 1 aliphatic heterocycles. The molecule has 2 aromatic rings. The van der Waals surface area contributed by atoms with Gasteiger partial charge in [-0.3, -0.25) is 9.59 Å². The predicted molar refractivity (Wildman–Crippen MR) is 92.0 cm³/mol. The van der Waals surface area contributed by atoms with Crippen LogP contribution >= 0.6 is 11.8 Å². The van der Waals surface area contributed by atoms with Crippen LogP contribution in [0.1, 0.15) is 36.8 Å². The van der Waals surface area contributed by atoms with Gasteiger partial charge in [-0.25, -0.2) is 0 Å². The van der Waals surface area contributed by atoms with Crippen LogP contribution in [0.5, 0.6) is 0 Å². The fraction of sp³-hybridized carbons (Fsp3) is 0.353. The molecule has 2 heterocycles. The van der Waals surface area contributed by atoms with Crippen molar-refractivity contribution in [1.29, 1.82) is 0 Å². The lowest BCUT2D eigenvalue weighted by Crippen LogP contribution is -2.33. The van der Waals surface area contributed by atoms with Gasteiger partial charge in [0, 0.05) is 25.1 Å². The molecule has 0 spiro atoms.